The summed E-state index contributed by atoms with van der Waals surface area (Å²) in [7, 11) is 1.33. The fraction of sp³-hybridized carbons (Fsp3) is 0.107. The number of nitrogens with zero attached hydrogens (tertiary/aromatic N) is 2. The first-order chi connectivity index (χ1) is 17.6. The van der Waals surface area contributed by atoms with Gasteiger partial charge < -0.3 is 19.9 Å². The Bertz CT molecular complexity index is 1470. The molecule has 36 heavy (non-hydrogen) atoms. The zero-order valence-electron chi connectivity index (χ0n) is 19.4. The van der Waals surface area contributed by atoms with Gasteiger partial charge in [-0.2, -0.15) is 5.26 Å². The number of fused-ring (bicyclic) bond motifs is 1. The molecule has 3 N–H and O–H groups in total. The molecular weight excluding hydrogens is 456 g/mol. The summed E-state index contributed by atoms with van der Waals surface area (Å²) >= 11 is 0. The van der Waals surface area contributed by atoms with Crippen molar-refractivity contribution in [3.63, 3.8) is 0 Å². The van der Waals surface area contributed by atoms with Crippen molar-refractivity contribution in [3.05, 3.63) is 113 Å². The molecular formula is C28H22N4O4. The van der Waals surface area contributed by atoms with E-state index in [1.54, 1.807) is 24.3 Å². The lowest BCUT2D eigenvalue weighted by molar-refractivity contribution is 0.0600. The fourth-order valence-electron chi connectivity index (χ4n) is 4.19. The van der Waals surface area contributed by atoms with Crippen LogP contribution in [-0.2, 0) is 11.3 Å². The number of carbonyl (C=O) groups excluding carboxylic acids is 1. The average Bonchev–Trinajstić information content (AvgIpc) is 3.35. The molecule has 0 aliphatic carbocycles. The van der Waals surface area contributed by atoms with E-state index in [0.717, 1.165) is 22.4 Å². The maximum absolute atomic E-state index is 11.9. The number of rotatable bonds is 6. The smallest absolute Gasteiger partial charge is 0.337 e. The molecule has 178 valence electrons. The molecule has 0 bridgehead atoms. The molecule has 0 fully saturated rings. The number of hydrogen-bond donors (Lipinski definition) is 2. The molecule has 1 atom stereocenters. The lowest BCUT2D eigenvalue weighted by Gasteiger charge is -2.24. The van der Waals surface area contributed by atoms with Crippen LogP contribution in [0.25, 0.3) is 11.3 Å². The van der Waals surface area contributed by atoms with Crippen molar-refractivity contribution < 1.29 is 19.0 Å². The molecule has 5 rings (SSSR count). The number of carbonyl (C=O) groups is 1. The van der Waals surface area contributed by atoms with Gasteiger partial charge in [0, 0.05) is 5.56 Å². The number of aromatic amines is 1. The third kappa shape index (κ3) is 4.26. The van der Waals surface area contributed by atoms with Crippen LogP contribution in [0.4, 0.5) is 0 Å². The topological polar surface area (TPSA) is 123 Å². The van der Waals surface area contributed by atoms with E-state index in [-0.39, 0.29) is 11.5 Å². The molecule has 0 spiro atoms. The molecule has 1 aliphatic rings. The number of ether oxygens (including phenoxy) is 3. The van der Waals surface area contributed by atoms with Crippen molar-refractivity contribution in [2.45, 2.75) is 12.5 Å². The van der Waals surface area contributed by atoms with E-state index >= 15 is 0 Å². The molecule has 8 nitrogen and oxygen atoms in total. The summed E-state index contributed by atoms with van der Waals surface area (Å²) in [6.45, 7) is 0.465. The van der Waals surface area contributed by atoms with Gasteiger partial charge >= 0.3 is 5.97 Å². The summed E-state index contributed by atoms with van der Waals surface area (Å²) in [5.41, 5.74) is 10.8. The second-order valence-electron chi connectivity index (χ2n) is 8.15. The van der Waals surface area contributed by atoms with E-state index in [2.05, 4.69) is 16.3 Å². The Morgan fingerprint density at radius 1 is 1.08 bits per heavy atom. The minimum absolute atomic E-state index is 0.00486. The molecule has 3 aromatic carbocycles. The van der Waals surface area contributed by atoms with Crippen LogP contribution in [0.15, 0.2) is 90.3 Å². The molecule has 0 radical (unpaired) electrons. The first-order valence-electron chi connectivity index (χ1n) is 11.2. The summed E-state index contributed by atoms with van der Waals surface area (Å²) in [6.07, 6.45) is 0. The summed E-state index contributed by atoms with van der Waals surface area (Å²) in [5, 5.41) is 17.2. The van der Waals surface area contributed by atoms with E-state index in [1.165, 1.54) is 7.11 Å². The van der Waals surface area contributed by atoms with E-state index in [4.69, 9.17) is 19.9 Å². The fourth-order valence-corrected chi connectivity index (χ4v) is 4.19. The molecule has 0 saturated carbocycles. The number of nitriles is 1. The third-order valence-corrected chi connectivity index (χ3v) is 6.00. The Balaban J connectivity index is 1.48. The highest BCUT2D eigenvalue weighted by atomic mass is 16.5. The molecule has 1 aliphatic heterocycles. The Morgan fingerprint density at radius 3 is 2.47 bits per heavy atom. The van der Waals surface area contributed by atoms with E-state index in [1.807, 2.05) is 54.6 Å². The highest BCUT2D eigenvalue weighted by Gasteiger charge is 2.35. The Morgan fingerprint density at radius 2 is 1.81 bits per heavy atom. The second kappa shape index (κ2) is 9.68. The Labute approximate surface area is 207 Å². The molecule has 0 amide bonds. The summed E-state index contributed by atoms with van der Waals surface area (Å²) in [4.78, 5) is 11.9. The molecule has 1 aromatic heterocycles. The normalized spacial score (nSPS) is 14.4. The monoisotopic (exact) mass is 478 g/mol. The molecule has 8 heteroatoms. The van der Waals surface area contributed by atoms with Gasteiger partial charge in [0.25, 0.3) is 0 Å². The maximum atomic E-state index is 11.9. The van der Waals surface area contributed by atoms with Gasteiger partial charge in [-0.1, -0.05) is 42.5 Å². The number of nitrogens with one attached hydrogen (secondary N) is 1. The number of nitrogens with two attached hydrogens (primary N) is 1. The van der Waals surface area contributed by atoms with Gasteiger partial charge in [0.2, 0.25) is 11.8 Å². The molecule has 1 unspecified atom stereocenters. The number of benzene rings is 3. The van der Waals surface area contributed by atoms with Crippen molar-refractivity contribution in [1.82, 2.24) is 10.2 Å². The number of aromatic nitrogens is 2. The van der Waals surface area contributed by atoms with Gasteiger partial charge in [0.05, 0.1) is 29.8 Å². The third-order valence-electron chi connectivity index (χ3n) is 6.00. The van der Waals surface area contributed by atoms with Crippen molar-refractivity contribution >= 4 is 5.97 Å². The molecule has 2 heterocycles. The Hall–Kier alpha value is -5.03. The summed E-state index contributed by atoms with van der Waals surface area (Å²) in [6, 6.07) is 26.6. The van der Waals surface area contributed by atoms with Crippen LogP contribution in [0.3, 0.4) is 0 Å². The van der Waals surface area contributed by atoms with E-state index in [9.17, 15) is 10.1 Å². The molecule has 4 aromatic rings. The van der Waals surface area contributed by atoms with Gasteiger partial charge in [0.1, 0.15) is 24.0 Å². The van der Waals surface area contributed by atoms with Crippen LogP contribution in [-0.4, -0.2) is 23.3 Å². The lowest BCUT2D eigenvalue weighted by atomic mass is 9.83. The van der Waals surface area contributed by atoms with E-state index < -0.39 is 11.9 Å². The van der Waals surface area contributed by atoms with Crippen LogP contribution >= 0.6 is 0 Å². The maximum Gasteiger partial charge on any atom is 0.337 e. The van der Waals surface area contributed by atoms with Gasteiger partial charge in [-0.15, -0.1) is 5.10 Å². The van der Waals surface area contributed by atoms with Crippen molar-refractivity contribution in [1.29, 1.82) is 5.26 Å². The highest BCUT2D eigenvalue weighted by molar-refractivity contribution is 5.89. The number of hydrogen-bond acceptors (Lipinski definition) is 7. The Kier molecular flexibility index (Phi) is 6.12. The van der Waals surface area contributed by atoms with Crippen molar-refractivity contribution in [2.24, 2.45) is 5.73 Å². The quantitative estimate of drug-likeness (QED) is 0.386. The number of esters is 1. The number of H-pyrrole nitrogens is 1. The van der Waals surface area contributed by atoms with Crippen LogP contribution < -0.4 is 15.2 Å². The summed E-state index contributed by atoms with van der Waals surface area (Å²) < 4.78 is 16.4. The lowest BCUT2D eigenvalue weighted by Crippen LogP contribution is -2.21. The highest BCUT2D eigenvalue weighted by Crippen LogP contribution is 2.45. The van der Waals surface area contributed by atoms with Gasteiger partial charge in [-0.05, 0) is 47.5 Å². The summed E-state index contributed by atoms with van der Waals surface area (Å²) in [5.74, 6) is 0.0447. The van der Waals surface area contributed by atoms with E-state index in [0.29, 0.717) is 29.3 Å². The average molecular weight is 479 g/mol. The van der Waals surface area contributed by atoms with Gasteiger partial charge in [0.15, 0.2) is 0 Å². The minimum Gasteiger partial charge on any atom is -0.489 e. The zero-order chi connectivity index (χ0) is 25.1. The van der Waals surface area contributed by atoms with Crippen LogP contribution in [0.1, 0.15) is 33.0 Å². The zero-order valence-corrected chi connectivity index (χ0v) is 19.4. The van der Waals surface area contributed by atoms with Crippen molar-refractivity contribution in [3.8, 4) is 29.0 Å². The second-order valence-corrected chi connectivity index (χ2v) is 8.15. The standard InChI is InChI=1S/C28H22N4O4/c1-34-28(33)20-9-7-18(8-10-20)23-22(15-29)26(30)36-27-24(23)25(31-32-27)19-11-13-21(14-12-19)35-16-17-5-3-2-4-6-17/h2-14,23H,16,30H2,1H3,(H,31,32). The van der Waals surface area contributed by atoms with Crippen molar-refractivity contribution in [2.75, 3.05) is 7.11 Å². The van der Waals surface area contributed by atoms with Gasteiger partial charge in [-0.25, -0.2) is 4.79 Å². The van der Waals surface area contributed by atoms with Gasteiger partial charge in [-0.3, -0.25) is 5.10 Å². The predicted molar refractivity (Wildman–Crippen MR) is 132 cm³/mol. The number of methoxy groups -OCH3 is 1. The van der Waals surface area contributed by atoms with Crippen LogP contribution in [0, 0.1) is 11.3 Å². The number of allylic oxidation sites excluding steroid dienone is 1. The minimum atomic E-state index is -0.534. The first kappa shape index (κ1) is 22.7. The molecule has 0 saturated heterocycles. The largest absolute Gasteiger partial charge is 0.489 e. The SMILES string of the molecule is COC(=O)c1ccc(C2C(C#N)=C(N)Oc3n[nH]c(-c4ccc(OCc5ccccc5)cc4)c32)cc1. The predicted octanol–water partition coefficient (Wildman–Crippen LogP) is 4.66. The van der Waals surface area contributed by atoms with Crippen LogP contribution in [0.5, 0.6) is 11.6 Å². The van der Waals surface area contributed by atoms with Crippen LogP contribution in [0.2, 0.25) is 0 Å². The first-order valence-corrected chi connectivity index (χ1v) is 11.2.